The van der Waals surface area contributed by atoms with E-state index in [2.05, 4.69) is 4.98 Å². The molecule has 0 unspecified atom stereocenters. The molecule has 0 aliphatic carbocycles. The molecule has 0 N–H and O–H groups in total. The molecule has 1 aromatic rings. The fourth-order valence-electron chi connectivity index (χ4n) is 0.426. The van der Waals surface area contributed by atoms with Gasteiger partial charge >= 0.3 is 0 Å². The van der Waals surface area contributed by atoms with Crippen LogP contribution < -0.4 is 0 Å². The van der Waals surface area contributed by atoms with Crippen LogP contribution in [0.3, 0.4) is 0 Å². The van der Waals surface area contributed by atoms with Crippen LogP contribution in [-0.4, -0.2) is 4.98 Å². The van der Waals surface area contributed by atoms with Gasteiger partial charge in [-0.25, -0.2) is 0 Å². The molecule has 0 aliphatic heterocycles. The molecule has 1 aromatic heterocycles. The summed E-state index contributed by atoms with van der Waals surface area (Å²) in [5.41, 5.74) is 1.26. The van der Waals surface area contributed by atoms with Crippen molar-refractivity contribution in [2.75, 3.05) is 0 Å². The molecule has 0 amide bonds. The number of aryl methyl sites for hydroxylation is 1. The van der Waals surface area contributed by atoms with Crippen molar-refractivity contribution in [2.45, 2.75) is 20.8 Å². The smallest absolute Gasteiger partial charge is 0.0270 e. The third-order valence-electron chi connectivity index (χ3n) is 0.847. The molecular weight excluding hydrogens is 161 g/mol. The first-order valence-corrected chi connectivity index (χ1v) is 3.26. The number of nitrogens with zero attached hydrogens (tertiary/aromatic N) is 1. The average Bonchev–Trinajstić information content (AvgIpc) is 1.94. The van der Waals surface area contributed by atoms with E-state index in [1.807, 2.05) is 32.9 Å². The molecule has 1 heterocycles. The Morgan fingerprint density at radius 3 is 1.70 bits per heavy atom. The zero-order chi connectivity index (χ0) is 7.11. The predicted molar refractivity (Wildman–Crippen MR) is 40.3 cm³/mol. The van der Waals surface area contributed by atoms with E-state index >= 15 is 0 Å². The van der Waals surface area contributed by atoms with Gasteiger partial charge in [-0.2, -0.15) is 0 Å². The maximum atomic E-state index is 3.85. The van der Waals surface area contributed by atoms with Crippen LogP contribution in [0.4, 0.5) is 0 Å². The standard InChI is InChI=1S/C6H7N.C2H6.V/c1-6-2-4-7-5-3-6;1-2;/h2-5H,1H3;1-2H3;. The summed E-state index contributed by atoms with van der Waals surface area (Å²) < 4.78 is 0. The van der Waals surface area contributed by atoms with Crippen LogP contribution in [0, 0.1) is 6.92 Å². The van der Waals surface area contributed by atoms with Gasteiger partial charge in [0.15, 0.2) is 0 Å². The number of aromatic nitrogens is 1. The first-order chi connectivity index (χ1) is 4.39. The first kappa shape index (κ1) is 12.4. The molecule has 55 valence electrons. The van der Waals surface area contributed by atoms with E-state index < -0.39 is 0 Å². The topological polar surface area (TPSA) is 12.9 Å². The van der Waals surface area contributed by atoms with Crippen molar-refractivity contribution in [3.05, 3.63) is 30.1 Å². The van der Waals surface area contributed by atoms with Crippen LogP contribution in [0.2, 0.25) is 0 Å². The maximum Gasteiger partial charge on any atom is 0.0270 e. The molecule has 0 saturated heterocycles. The Kier molecular flexibility index (Phi) is 10.8. The fourth-order valence-corrected chi connectivity index (χ4v) is 0.426. The van der Waals surface area contributed by atoms with Crippen molar-refractivity contribution < 1.29 is 18.6 Å². The third-order valence-corrected chi connectivity index (χ3v) is 0.847. The summed E-state index contributed by atoms with van der Waals surface area (Å²) in [6, 6.07) is 3.94. The number of hydrogen-bond acceptors (Lipinski definition) is 1. The second-order valence-electron chi connectivity index (χ2n) is 1.52. The van der Waals surface area contributed by atoms with Crippen LogP contribution in [0.5, 0.6) is 0 Å². The monoisotopic (exact) mass is 174 g/mol. The van der Waals surface area contributed by atoms with E-state index in [1.165, 1.54) is 5.56 Å². The van der Waals surface area contributed by atoms with Crippen molar-refractivity contribution in [3.8, 4) is 0 Å². The van der Waals surface area contributed by atoms with Crippen molar-refractivity contribution in [1.82, 2.24) is 4.98 Å². The van der Waals surface area contributed by atoms with Crippen molar-refractivity contribution >= 4 is 0 Å². The normalized spacial score (nSPS) is 6.70. The third kappa shape index (κ3) is 5.86. The summed E-state index contributed by atoms with van der Waals surface area (Å²) in [4.78, 5) is 3.85. The minimum Gasteiger partial charge on any atom is -0.265 e. The molecular formula is C8H13NV. The Morgan fingerprint density at radius 2 is 1.50 bits per heavy atom. The van der Waals surface area contributed by atoms with E-state index in [0.29, 0.717) is 0 Å². The summed E-state index contributed by atoms with van der Waals surface area (Å²) in [7, 11) is 0. The van der Waals surface area contributed by atoms with Crippen molar-refractivity contribution in [3.63, 3.8) is 0 Å². The molecule has 10 heavy (non-hydrogen) atoms. The second-order valence-corrected chi connectivity index (χ2v) is 1.52. The summed E-state index contributed by atoms with van der Waals surface area (Å²) in [6.45, 7) is 6.04. The summed E-state index contributed by atoms with van der Waals surface area (Å²) >= 11 is 0. The fraction of sp³-hybridized carbons (Fsp3) is 0.375. The van der Waals surface area contributed by atoms with Crippen molar-refractivity contribution in [2.24, 2.45) is 0 Å². The van der Waals surface area contributed by atoms with Gasteiger partial charge in [0.05, 0.1) is 0 Å². The number of hydrogen-bond donors (Lipinski definition) is 0. The zero-order valence-electron chi connectivity index (χ0n) is 6.70. The van der Waals surface area contributed by atoms with Gasteiger partial charge in [0.2, 0.25) is 0 Å². The Balaban J connectivity index is 0. The van der Waals surface area contributed by atoms with Crippen LogP contribution in [-0.2, 0) is 18.6 Å². The van der Waals surface area contributed by atoms with Crippen LogP contribution in [0.15, 0.2) is 24.5 Å². The van der Waals surface area contributed by atoms with Gasteiger partial charge in [-0.15, -0.1) is 0 Å². The minimum atomic E-state index is 0. The largest absolute Gasteiger partial charge is 0.265 e. The van der Waals surface area contributed by atoms with Crippen molar-refractivity contribution in [1.29, 1.82) is 0 Å². The van der Waals surface area contributed by atoms with E-state index in [9.17, 15) is 0 Å². The first-order valence-electron chi connectivity index (χ1n) is 3.26. The SMILES string of the molecule is CC.Cc1ccncc1.[V]. The van der Waals surface area contributed by atoms with Gasteiger partial charge in [0, 0.05) is 30.9 Å². The van der Waals surface area contributed by atoms with E-state index in [0.717, 1.165) is 0 Å². The van der Waals surface area contributed by atoms with Gasteiger partial charge < -0.3 is 0 Å². The number of pyridine rings is 1. The van der Waals surface area contributed by atoms with E-state index in [4.69, 9.17) is 0 Å². The molecule has 0 bridgehead atoms. The summed E-state index contributed by atoms with van der Waals surface area (Å²) in [6.07, 6.45) is 3.57. The second kappa shape index (κ2) is 8.73. The molecule has 0 spiro atoms. The minimum absolute atomic E-state index is 0. The van der Waals surface area contributed by atoms with E-state index in [-0.39, 0.29) is 18.6 Å². The van der Waals surface area contributed by atoms with Gasteiger partial charge in [0.25, 0.3) is 0 Å². The van der Waals surface area contributed by atoms with Gasteiger partial charge in [0.1, 0.15) is 0 Å². The number of rotatable bonds is 0. The average molecular weight is 174 g/mol. The molecule has 0 aliphatic rings. The molecule has 1 nitrogen and oxygen atoms in total. The molecule has 0 aromatic carbocycles. The molecule has 2 heteroatoms. The summed E-state index contributed by atoms with van der Waals surface area (Å²) in [5, 5.41) is 0. The van der Waals surface area contributed by atoms with Crippen LogP contribution in [0.25, 0.3) is 0 Å². The van der Waals surface area contributed by atoms with Crippen LogP contribution in [0.1, 0.15) is 19.4 Å². The Bertz CT molecular complexity index is 139. The zero-order valence-corrected chi connectivity index (χ0v) is 8.10. The molecule has 0 atom stereocenters. The quantitative estimate of drug-likeness (QED) is 0.588. The Labute approximate surface area is 74.8 Å². The Hall–Kier alpha value is -0.266. The summed E-state index contributed by atoms with van der Waals surface area (Å²) in [5.74, 6) is 0. The maximum absolute atomic E-state index is 3.85. The van der Waals surface area contributed by atoms with Gasteiger partial charge in [-0.1, -0.05) is 13.8 Å². The van der Waals surface area contributed by atoms with Crippen LogP contribution >= 0.6 is 0 Å². The Morgan fingerprint density at radius 1 is 1.10 bits per heavy atom. The molecule has 0 fully saturated rings. The van der Waals surface area contributed by atoms with Gasteiger partial charge in [-0.05, 0) is 24.6 Å². The predicted octanol–water partition coefficient (Wildman–Crippen LogP) is 2.41. The molecule has 1 rings (SSSR count). The molecule has 0 saturated carbocycles. The molecule has 1 radical (unpaired) electrons. The van der Waals surface area contributed by atoms with E-state index in [1.54, 1.807) is 12.4 Å². The van der Waals surface area contributed by atoms with Gasteiger partial charge in [-0.3, -0.25) is 4.98 Å².